The van der Waals surface area contributed by atoms with Gasteiger partial charge in [0.15, 0.2) is 0 Å². The number of hydrogen-bond acceptors (Lipinski definition) is 4. The molecule has 0 unspecified atom stereocenters. The minimum Gasteiger partial charge on any atom is -0.367 e. The van der Waals surface area contributed by atoms with Gasteiger partial charge in [-0.05, 0) is 19.1 Å². The Morgan fingerprint density at radius 2 is 2.29 bits per heavy atom. The third kappa shape index (κ3) is 2.61. The molecule has 0 saturated heterocycles. The van der Waals surface area contributed by atoms with E-state index in [1.165, 1.54) is 0 Å². The van der Waals surface area contributed by atoms with Gasteiger partial charge in [0.25, 0.3) is 0 Å². The lowest BCUT2D eigenvalue weighted by Crippen LogP contribution is -2.12. The summed E-state index contributed by atoms with van der Waals surface area (Å²) in [5.41, 5.74) is 0.565. The summed E-state index contributed by atoms with van der Waals surface area (Å²) in [6, 6.07) is 5.61. The minimum absolute atomic E-state index is 0.565. The summed E-state index contributed by atoms with van der Waals surface area (Å²) in [4.78, 5) is 8.28. The molecule has 0 fully saturated rings. The molecule has 0 radical (unpaired) electrons. The van der Waals surface area contributed by atoms with Gasteiger partial charge in [-0.25, -0.2) is 9.97 Å². The van der Waals surface area contributed by atoms with E-state index < -0.39 is 0 Å². The fourth-order valence-corrected chi connectivity index (χ4v) is 1.57. The molecule has 2 rings (SSSR count). The van der Waals surface area contributed by atoms with E-state index in [1.54, 1.807) is 24.5 Å². The van der Waals surface area contributed by atoms with Crippen molar-refractivity contribution in [1.82, 2.24) is 14.5 Å². The van der Waals surface area contributed by atoms with Crippen LogP contribution in [0.15, 0.2) is 30.7 Å². The van der Waals surface area contributed by atoms with Crippen LogP contribution in [0.25, 0.3) is 0 Å². The zero-order chi connectivity index (χ0) is 12.1. The van der Waals surface area contributed by atoms with Gasteiger partial charge in [-0.1, -0.05) is 0 Å². The molecule has 0 amide bonds. The summed E-state index contributed by atoms with van der Waals surface area (Å²) >= 11 is 0. The van der Waals surface area contributed by atoms with E-state index in [9.17, 15) is 0 Å². The number of pyridine rings is 1. The van der Waals surface area contributed by atoms with Gasteiger partial charge in [-0.3, -0.25) is 0 Å². The summed E-state index contributed by atoms with van der Waals surface area (Å²) in [6.07, 6.45) is 5.38. The molecule has 5 nitrogen and oxygen atoms in total. The van der Waals surface area contributed by atoms with Crippen LogP contribution in [0.5, 0.6) is 0 Å². The van der Waals surface area contributed by atoms with Gasteiger partial charge >= 0.3 is 0 Å². The van der Waals surface area contributed by atoms with Crippen molar-refractivity contribution in [1.29, 1.82) is 5.26 Å². The SMILES string of the molecule is Cc1nccn1CCNc1ncccc1C#N. The maximum absolute atomic E-state index is 8.90. The Morgan fingerprint density at radius 1 is 1.41 bits per heavy atom. The largest absolute Gasteiger partial charge is 0.367 e. The number of aromatic nitrogens is 3. The molecule has 0 aliphatic rings. The van der Waals surface area contributed by atoms with E-state index >= 15 is 0 Å². The lowest BCUT2D eigenvalue weighted by atomic mass is 10.3. The smallest absolute Gasteiger partial charge is 0.143 e. The van der Waals surface area contributed by atoms with Crippen molar-refractivity contribution in [3.05, 3.63) is 42.1 Å². The summed E-state index contributed by atoms with van der Waals surface area (Å²) in [5.74, 6) is 1.61. The van der Waals surface area contributed by atoms with Crippen molar-refractivity contribution < 1.29 is 0 Å². The van der Waals surface area contributed by atoms with E-state index in [0.29, 0.717) is 17.9 Å². The highest BCUT2D eigenvalue weighted by Crippen LogP contribution is 2.09. The van der Waals surface area contributed by atoms with Crippen LogP contribution in [0.2, 0.25) is 0 Å². The molecule has 0 saturated carbocycles. The zero-order valence-corrected chi connectivity index (χ0v) is 9.59. The second-order valence-electron chi connectivity index (χ2n) is 3.61. The molecule has 2 aromatic rings. The Labute approximate surface area is 99.7 Å². The van der Waals surface area contributed by atoms with Crippen molar-refractivity contribution >= 4 is 5.82 Å². The number of nitriles is 1. The van der Waals surface area contributed by atoms with E-state index in [2.05, 4.69) is 21.4 Å². The molecule has 86 valence electrons. The third-order valence-electron chi connectivity index (χ3n) is 2.50. The number of imidazole rings is 1. The van der Waals surface area contributed by atoms with Crippen molar-refractivity contribution in [3.8, 4) is 6.07 Å². The highest BCUT2D eigenvalue weighted by molar-refractivity contribution is 5.50. The van der Waals surface area contributed by atoms with E-state index in [1.807, 2.05) is 17.7 Å². The normalized spacial score (nSPS) is 9.88. The second-order valence-corrected chi connectivity index (χ2v) is 3.61. The van der Waals surface area contributed by atoms with Crippen molar-refractivity contribution in [3.63, 3.8) is 0 Å². The highest BCUT2D eigenvalue weighted by Gasteiger charge is 2.01. The van der Waals surface area contributed by atoms with Crippen molar-refractivity contribution in [2.24, 2.45) is 0 Å². The van der Waals surface area contributed by atoms with Crippen LogP contribution in [-0.2, 0) is 6.54 Å². The highest BCUT2D eigenvalue weighted by atomic mass is 15.1. The average Bonchev–Trinajstić information content (AvgIpc) is 2.76. The van der Waals surface area contributed by atoms with Crippen LogP contribution in [0.1, 0.15) is 11.4 Å². The maximum atomic E-state index is 8.90. The predicted molar refractivity (Wildman–Crippen MR) is 64.4 cm³/mol. The zero-order valence-electron chi connectivity index (χ0n) is 9.59. The minimum atomic E-state index is 0.565. The van der Waals surface area contributed by atoms with Crippen LogP contribution in [-0.4, -0.2) is 21.1 Å². The number of nitrogens with one attached hydrogen (secondary N) is 1. The Kier molecular flexibility index (Phi) is 3.36. The predicted octanol–water partition coefficient (Wildman–Crippen LogP) is 1.57. The summed E-state index contributed by atoms with van der Waals surface area (Å²) in [5, 5.41) is 12.0. The molecule has 0 aromatic carbocycles. The molecule has 0 aliphatic carbocycles. The first-order valence-electron chi connectivity index (χ1n) is 5.38. The van der Waals surface area contributed by atoms with Crippen LogP contribution in [0.4, 0.5) is 5.82 Å². The van der Waals surface area contributed by atoms with Crippen molar-refractivity contribution in [2.45, 2.75) is 13.5 Å². The monoisotopic (exact) mass is 227 g/mol. The molecule has 2 aromatic heterocycles. The molecule has 1 N–H and O–H groups in total. The van der Waals surface area contributed by atoms with Crippen LogP contribution < -0.4 is 5.32 Å². The Hall–Kier alpha value is -2.35. The van der Waals surface area contributed by atoms with E-state index in [4.69, 9.17) is 5.26 Å². The molecular formula is C12H13N5. The number of nitrogens with zero attached hydrogens (tertiary/aromatic N) is 4. The topological polar surface area (TPSA) is 66.5 Å². The molecule has 2 heterocycles. The summed E-state index contributed by atoms with van der Waals surface area (Å²) in [6.45, 7) is 3.47. The lowest BCUT2D eigenvalue weighted by Gasteiger charge is -2.08. The van der Waals surface area contributed by atoms with Gasteiger partial charge in [0.05, 0.1) is 5.56 Å². The van der Waals surface area contributed by atoms with Gasteiger partial charge in [0.1, 0.15) is 17.7 Å². The number of rotatable bonds is 4. The van der Waals surface area contributed by atoms with Crippen molar-refractivity contribution in [2.75, 3.05) is 11.9 Å². The van der Waals surface area contributed by atoms with Crippen LogP contribution in [0, 0.1) is 18.3 Å². The van der Waals surface area contributed by atoms with Gasteiger partial charge in [0, 0.05) is 31.7 Å². The quantitative estimate of drug-likeness (QED) is 0.861. The molecule has 0 aliphatic heterocycles. The third-order valence-corrected chi connectivity index (χ3v) is 2.50. The van der Waals surface area contributed by atoms with Gasteiger partial charge < -0.3 is 9.88 Å². The molecular weight excluding hydrogens is 214 g/mol. The first-order valence-corrected chi connectivity index (χ1v) is 5.38. The summed E-state index contributed by atoms with van der Waals surface area (Å²) < 4.78 is 2.04. The lowest BCUT2D eigenvalue weighted by molar-refractivity contribution is 0.699. The van der Waals surface area contributed by atoms with Crippen LogP contribution in [0.3, 0.4) is 0 Å². The molecule has 0 atom stereocenters. The number of anilines is 1. The molecule has 0 spiro atoms. The van der Waals surface area contributed by atoms with E-state index in [-0.39, 0.29) is 0 Å². The Morgan fingerprint density at radius 3 is 3.00 bits per heavy atom. The van der Waals surface area contributed by atoms with Gasteiger partial charge in [-0.2, -0.15) is 5.26 Å². The Balaban J connectivity index is 1.95. The fourth-order valence-electron chi connectivity index (χ4n) is 1.57. The second kappa shape index (κ2) is 5.12. The molecule has 17 heavy (non-hydrogen) atoms. The fraction of sp³-hybridized carbons (Fsp3) is 0.250. The van der Waals surface area contributed by atoms with Gasteiger partial charge in [-0.15, -0.1) is 0 Å². The maximum Gasteiger partial charge on any atom is 0.143 e. The standard InChI is InChI=1S/C12H13N5/c1-10-14-5-7-17(10)8-6-16-12-11(9-13)3-2-4-15-12/h2-5,7H,6,8H2,1H3,(H,15,16). The molecule has 5 heteroatoms. The number of aryl methyl sites for hydroxylation is 1. The average molecular weight is 227 g/mol. The van der Waals surface area contributed by atoms with E-state index in [0.717, 1.165) is 12.4 Å². The summed E-state index contributed by atoms with van der Waals surface area (Å²) in [7, 11) is 0. The first kappa shape index (κ1) is 11.1. The van der Waals surface area contributed by atoms with Gasteiger partial charge in [0.2, 0.25) is 0 Å². The van der Waals surface area contributed by atoms with Crippen LogP contribution >= 0.6 is 0 Å². The molecule has 0 bridgehead atoms. The Bertz CT molecular complexity index is 538. The first-order chi connectivity index (χ1) is 8.31. The number of hydrogen-bond donors (Lipinski definition) is 1.